The molecule has 0 aromatic heterocycles. The van der Waals surface area contributed by atoms with E-state index in [4.69, 9.17) is 0 Å². The van der Waals surface area contributed by atoms with Gasteiger partial charge in [0.25, 0.3) is 5.91 Å². The van der Waals surface area contributed by atoms with E-state index in [9.17, 15) is 9.90 Å². The Bertz CT molecular complexity index is 773. The van der Waals surface area contributed by atoms with Gasteiger partial charge in [0.1, 0.15) is 5.75 Å². The number of hydrogen-bond acceptors (Lipinski definition) is 3. The monoisotopic (exact) mass is 322 g/mol. The molecule has 1 saturated heterocycles. The fourth-order valence-corrected chi connectivity index (χ4v) is 3.98. The van der Waals surface area contributed by atoms with Crippen LogP contribution in [0.1, 0.15) is 27.0 Å². The normalized spacial score (nSPS) is 20.6. The molecular weight excluding hydrogens is 300 g/mol. The van der Waals surface area contributed by atoms with Crippen molar-refractivity contribution in [3.8, 4) is 5.75 Å². The predicted molar refractivity (Wildman–Crippen MR) is 93.1 cm³/mol. The molecular formula is C20H22N2O2. The molecule has 0 unspecified atom stereocenters. The van der Waals surface area contributed by atoms with Gasteiger partial charge in [-0.2, -0.15) is 0 Å². The average Bonchev–Trinajstić information content (AvgIpc) is 2.59. The number of carbonyl (C=O) groups excluding carboxylic acids is 1. The highest BCUT2D eigenvalue weighted by Gasteiger charge is 2.38. The Hall–Kier alpha value is -2.33. The number of amides is 1. The van der Waals surface area contributed by atoms with E-state index in [0.29, 0.717) is 5.56 Å². The molecule has 2 heterocycles. The molecule has 2 aliphatic rings. The molecule has 1 fully saturated rings. The zero-order valence-electron chi connectivity index (χ0n) is 13.9. The van der Waals surface area contributed by atoms with E-state index >= 15 is 0 Å². The summed E-state index contributed by atoms with van der Waals surface area (Å²) in [6.07, 6.45) is 0.736. The molecule has 2 aromatic carbocycles. The predicted octanol–water partition coefficient (Wildman–Crippen LogP) is 2.58. The van der Waals surface area contributed by atoms with Crippen LogP contribution in [0, 0.1) is 6.92 Å². The van der Waals surface area contributed by atoms with Gasteiger partial charge in [0.15, 0.2) is 0 Å². The molecule has 0 saturated carbocycles. The number of aryl methyl sites for hydroxylation is 1. The van der Waals surface area contributed by atoms with Crippen molar-refractivity contribution in [2.45, 2.75) is 25.9 Å². The van der Waals surface area contributed by atoms with Gasteiger partial charge in [-0.25, -0.2) is 0 Å². The summed E-state index contributed by atoms with van der Waals surface area (Å²) in [7, 11) is 0. The first-order valence-corrected chi connectivity index (χ1v) is 8.52. The van der Waals surface area contributed by atoms with E-state index in [-0.39, 0.29) is 17.7 Å². The highest BCUT2D eigenvalue weighted by molar-refractivity contribution is 5.99. The van der Waals surface area contributed by atoms with E-state index in [0.717, 1.165) is 43.7 Å². The second-order valence-corrected chi connectivity index (χ2v) is 6.83. The third-order valence-corrected chi connectivity index (χ3v) is 5.23. The second kappa shape index (κ2) is 5.95. The summed E-state index contributed by atoms with van der Waals surface area (Å²) < 4.78 is 0. The number of fused-ring (bicyclic) bond motifs is 2. The first-order chi connectivity index (χ1) is 11.6. The zero-order valence-corrected chi connectivity index (χ0v) is 13.9. The summed E-state index contributed by atoms with van der Waals surface area (Å²) >= 11 is 0. The molecule has 2 aliphatic heterocycles. The zero-order chi connectivity index (χ0) is 16.7. The van der Waals surface area contributed by atoms with Crippen molar-refractivity contribution < 1.29 is 9.90 Å². The van der Waals surface area contributed by atoms with Crippen molar-refractivity contribution in [2.24, 2.45) is 0 Å². The summed E-state index contributed by atoms with van der Waals surface area (Å²) in [5.41, 5.74) is 3.79. The summed E-state index contributed by atoms with van der Waals surface area (Å²) in [5, 5.41) is 10.2. The van der Waals surface area contributed by atoms with Crippen LogP contribution in [0.25, 0.3) is 0 Å². The molecule has 24 heavy (non-hydrogen) atoms. The molecule has 4 rings (SSSR count). The van der Waals surface area contributed by atoms with Crippen LogP contribution < -0.4 is 0 Å². The molecule has 4 nitrogen and oxygen atoms in total. The van der Waals surface area contributed by atoms with E-state index in [2.05, 4.69) is 29.2 Å². The van der Waals surface area contributed by atoms with Crippen LogP contribution in [0.15, 0.2) is 42.5 Å². The van der Waals surface area contributed by atoms with E-state index in [1.54, 1.807) is 6.07 Å². The number of aromatic hydroxyl groups is 1. The van der Waals surface area contributed by atoms with E-state index in [1.165, 1.54) is 5.56 Å². The number of phenolic OH excluding ortho intramolecular Hbond substituents is 1. The SMILES string of the molecule is Cc1ccc(O)c2c1C(=O)N1CCN(Cc3ccccc3)C[C@H]1C2. The lowest BCUT2D eigenvalue weighted by molar-refractivity contribution is 0.0398. The number of rotatable bonds is 2. The van der Waals surface area contributed by atoms with Crippen LogP contribution in [-0.2, 0) is 13.0 Å². The molecule has 1 amide bonds. The lowest BCUT2D eigenvalue weighted by Crippen LogP contribution is -2.57. The van der Waals surface area contributed by atoms with Gasteiger partial charge in [0, 0.05) is 43.3 Å². The number of piperazine rings is 1. The molecule has 1 atom stereocenters. The highest BCUT2D eigenvalue weighted by Crippen LogP contribution is 2.33. The van der Waals surface area contributed by atoms with Crippen molar-refractivity contribution in [3.63, 3.8) is 0 Å². The van der Waals surface area contributed by atoms with E-state index < -0.39 is 0 Å². The Kier molecular flexibility index (Phi) is 3.77. The van der Waals surface area contributed by atoms with Gasteiger partial charge in [0.05, 0.1) is 0 Å². The summed E-state index contributed by atoms with van der Waals surface area (Å²) in [5.74, 6) is 0.331. The Labute approximate surface area is 142 Å². The van der Waals surface area contributed by atoms with Crippen molar-refractivity contribution in [2.75, 3.05) is 19.6 Å². The first kappa shape index (κ1) is 15.2. The average molecular weight is 322 g/mol. The minimum atomic E-state index is 0.0778. The van der Waals surface area contributed by atoms with Gasteiger partial charge >= 0.3 is 0 Å². The van der Waals surface area contributed by atoms with Gasteiger partial charge < -0.3 is 10.0 Å². The van der Waals surface area contributed by atoms with Crippen molar-refractivity contribution >= 4 is 5.91 Å². The molecule has 4 heteroatoms. The summed E-state index contributed by atoms with van der Waals surface area (Å²) in [6.45, 7) is 5.36. The van der Waals surface area contributed by atoms with Crippen molar-refractivity contribution in [1.82, 2.24) is 9.80 Å². The van der Waals surface area contributed by atoms with Gasteiger partial charge in [-0.3, -0.25) is 9.69 Å². The van der Waals surface area contributed by atoms with Gasteiger partial charge in [0.2, 0.25) is 0 Å². The molecule has 124 valence electrons. The maximum Gasteiger partial charge on any atom is 0.254 e. The maximum atomic E-state index is 12.9. The smallest absolute Gasteiger partial charge is 0.254 e. The van der Waals surface area contributed by atoms with Gasteiger partial charge in [-0.05, 0) is 30.5 Å². The number of nitrogens with zero attached hydrogens (tertiary/aromatic N) is 2. The molecule has 0 aliphatic carbocycles. The standard InChI is InChI=1S/C20H22N2O2/c1-14-7-8-18(23)17-11-16-13-21(12-15-5-3-2-4-6-15)9-10-22(16)20(24)19(14)17/h2-8,16,23H,9-13H2,1H3/t16-/m1/s1. The maximum absolute atomic E-state index is 12.9. The second-order valence-electron chi connectivity index (χ2n) is 6.83. The number of carbonyl (C=O) groups is 1. The molecule has 0 bridgehead atoms. The third-order valence-electron chi connectivity index (χ3n) is 5.23. The Morgan fingerprint density at radius 2 is 1.92 bits per heavy atom. The third kappa shape index (κ3) is 2.57. The van der Waals surface area contributed by atoms with Crippen LogP contribution in [0.4, 0.5) is 0 Å². The minimum Gasteiger partial charge on any atom is -0.508 e. The van der Waals surface area contributed by atoms with E-state index in [1.807, 2.05) is 24.0 Å². The number of benzene rings is 2. The quantitative estimate of drug-likeness (QED) is 0.924. The largest absolute Gasteiger partial charge is 0.508 e. The summed E-state index contributed by atoms with van der Waals surface area (Å²) in [6, 6.07) is 14.1. The van der Waals surface area contributed by atoms with Crippen LogP contribution in [0.3, 0.4) is 0 Å². The molecule has 1 N–H and O–H groups in total. The Balaban J connectivity index is 1.57. The van der Waals surface area contributed by atoms with Crippen LogP contribution in [-0.4, -0.2) is 46.5 Å². The lowest BCUT2D eigenvalue weighted by atomic mass is 9.88. The number of phenols is 1. The Morgan fingerprint density at radius 3 is 2.71 bits per heavy atom. The fourth-order valence-electron chi connectivity index (χ4n) is 3.98. The van der Waals surface area contributed by atoms with Crippen LogP contribution in [0.5, 0.6) is 5.75 Å². The fraction of sp³-hybridized carbons (Fsp3) is 0.350. The number of hydrogen-bond donors (Lipinski definition) is 1. The van der Waals surface area contributed by atoms with Crippen LogP contribution in [0.2, 0.25) is 0 Å². The topological polar surface area (TPSA) is 43.8 Å². The van der Waals surface area contributed by atoms with Crippen molar-refractivity contribution in [1.29, 1.82) is 0 Å². The Morgan fingerprint density at radius 1 is 1.12 bits per heavy atom. The first-order valence-electron chi connectivity index (χ1n) is 8.52. The van der Waals surface area contributed by atoms with Crippen molar-refractivity contribution in [3.05, 3.63) is 64.7 Å². The molecule has 0 radical (unpaired) electrons. The van der Waals surface area contributed by atoms with Gasteiger partial charge in [-0.1, -0.05) is 36.4 Å². The molecule has 2 aromatic rings. The minimum absolute atomic E-state index is 0.0778. The highest BCUT2D eigenvalue weighted by atomic mass is 16.3. The molecule has 0 spiro atoms. The summed E-state index contributed by atoms with van der Waals surface area (Å²) in [4.78, 5) is 17.3. The lowest BCUT2D eigenvalue weighted by Gasteiger charge is -2.44. The van der Waals surface area contributed by atoms with Crippen LogP contribution >= 0.6 is 0 Å². The van der Waals surface area contributed by atoms with Gasteiger partial charge in [-0.15, -0.1) is 0 Å².